The average Bonchev–Trinajstić information content (AvgIpc) is 2.72. The minimum absolute atomic E-state index is 0.265. The number of urea groups is 1. The number of nitrogens with one attached hydrogen (secondary N) is 2. The molecule has 0 saturated heterocycles. The van der Waals surface area contributed by atoms with Gasteiger partial charge < -0.3 is 15.7 Å². The lowest BCUT2D eigenvalue weighted by Crippen LogP contribution is -2.45. The van der Waals surface area contributed by atoms with Crippen molar-refractivity contribution >= 4 is 17.4 Å². The van der Waals surface area contributed by atoms with Crippen molar-refractivity contribution in [3.05, 3.63) is 15.6 Å². The van der Waals surface area contributed by atoms with E-state index in [1.54, 1.807) is 11.3 Å². The van der Waals surface area contributed by atoms with Crippen LogP contribution in [0.5, 0.6) is 0 Å². The summed E-state index contributed by atoms with van der Waals surface area (Å²) in [7, 11) is 0. The van der Waals surface area contributed by atoms with Gasteiger partial charge in [-0.15, -0.1) is 11.3 Å². The largest absolute Gasteiger partial charge is 0.388 e. The van der Waals surface area contributed by atoms with Crippen molar-refractivity contribution in [2.45, 2.75) is 52.7 Å². The van der Waals surface area contributed by atoms with Crippen molar-refractivity contribution in [1.82, 2.24) is 15.6 Å². The van der Waals surface area contributed by atoms with Crippen LogP contribution in [0.1, 0.15) is 42.3 Å². The molecule has 19 heavy (non-hydrogen) atoms. The number of aliphatic hydroxyl groups is 1. The zero-order valence-electron chi connectivity index (χ0n) is 12.0. The molecule has 0 radical (unpaired) electrons. The number of carbonyl (C=O) groups excluding carboxylic acids is 1. The molecule has 0 atom stereocenters. The summed E-state index contributed by atoms with van der Waals surface area (Å²) in [5.74, 6) is 0. The van der Waals surface area contributed by atoms with Crippen LogP contribution in [0.25, 0.3) is 0 Å². The molecule has 2 amide bonds. The molecule has 5 nitrogen and oxygen atoms in total. The molecular weight excluding hydrogens is 262 g/mol. The molecule has 0 saturated carbocycles. The number of rotatable bonds is 6. The van der Waals surface area contributed by atoms with Crippen LogP contribution in [0.3, 0.4) is 0 Å². The molecule has 0 spiro atoms. The first kappa shape index (κ1) is 15.9. The van der Waals surface area contributed by atoms with Gasteiger partial charge in [0, 0.05) is 11.4 Å². The van der Waals surface area contributed by atoms with E-state index in [0.29, 0.717) is 19.4 Å². The number of aryl methyl sites for hydroxylation is 2. The predicted molar refractivity (Wildman–Crippen MR) is 77.4 cm³/mol. The van der Waals surface area contributed by atoms with Crippen LogP contribution in [-0.2, 0) is 6.54 Å². The van der Waals surface area contributed by atoms with Crippen LogP contribution in [0.2, 0.25) is 0 Å². The van der Waals surface area contributed by atoms with Gasteiger partial charge in [0.2, 0.25) is 0 Å². The Morgan fingerprint density at radius 3 is 2.42 bits per heavy atom. The topological polar surface area (TPSA) is 74.2 Å². The Morgan fingerprint density at radius 1 is 1.32 bits per heavy atom. The van der Waals surface area contributed by atoms with Gasteiger partial charge in [-0.25, -0.2) is 9.78 Å². The third-order valence-corrected chi connectivity index (χ3v) is 4.24. The number of hydrogen-bond acceptors (Lipinski definition) is 4. The molecule has 3 N–H and O–H groups in total. The Balaban J connectivity index is 2.38. The van der Waals surface area contributed by atoms with Crippen LogP contribution in [0.15, 0.2) is 0 Å². The Hall–Kier alpha value is -1.14. The summed E-state index contributed by atoms with van der Waals surface area (Å²) >= 11 is 1.62. The van der Waals surface area contributed by atoms with Gasteiger partial charge in [0.05, 0.1) is 22.8 Å². The third kappa shape index (κ3) is 4.80. The summed E-state index contributed by atoms with van der Waals surface area (Å²) < 4.78 is 0. The van der Waals surface area contributed by atoms with Crippen molar-refractivity contribution < 1.29 is 9.90 Å². The maximum atomic E-state index is 11.7. The average molecular weight is 285 g/mol. The lowest BCUT2D eigenvalue weighted by molar-refractivity contribution is 0.0349. The van der Waals surface area contributed by atoms with Crippen molar-refractivity contribution in [3.8, 4) is 0 Å². The van der Waals surface area contributed by atoms with Gasteiger partial charge in [0.1, 0.15) is 0 Å². The van der Waals surface area contributed by atoms with Crippen LogP contribution in [0, 0.1) is 13.8 Å². The lowest BCUT2D eigenvalue weighted by Gasteiger charge is -2.25. The minimum atomic E-state index is -0.815. The Bertz CT molecular complexity index is 428. The van der Waals surface area contributed by atoms with E-state index in [1.807, 2.05) is 27.7 Å². The van der Waals surface area contributed by atoms with Crippen LogP contribution >= 0.6 is 11.3 Å². The molecule has 1 aromatic heterocycles. The number of nitrogens with zero attached hydrogens (tertiary/aromatic N) is 1. The first-order valence-electron chi connectivity index (χ1n) is 6.57. The normalized spacial score (nSPS) is 11.4. The van der Waals surface area contributed by atoms with E-state index < -0.39 is 5.60 Å². The van der Waals surface area contributed by atoms with E-state index >= 15 is 0 Å². The summed E-state index contributed by atoms with van der Waals surface area (Å²) in [5.41, 5.74) is 0.0868. The van der Waals surface area contributed by atoms with E-state index in [9.17, 15) is 9.90 Å². The van der Waals surface area contributed by atoms with E-state index in [4.69, 9.17) is 0 Å². The second-order valence-corrected chi connectivity index (χ2v) is 6.11. The number of aromatic nitrogens is 1. The molecule has 6 heteroatoms. The molecule has 108 valence electrons. The molecule has 0 aliphatic carbocycles. The number of carbonyl (C=O) groups is 1. The predicted octanol–water partition coefficient (Wildman–Crippen LogP) is 2.11. The van der Waals surface area contributed by atoms with Gasteiger partial charge >= 0.3 is 6.03 Å². The fourth-order valence-electron chi connectivity index (χ4n) is 1.71. The van der Waals surface area contributed by atoms with Gasteiger partial charge in [-0.2, -0.15) is 0 Å². The van der Waals surface area contributed by atoms with Crippen molar-refractivity contribution in [1.29, 1.82) is 0 Å². The highest BCUT2D eigenvalue weighted by molar-refractivity contribution is 7.11. The van der Waals surface area contributed by atoms with Crippen molar-refractivity contribution in [2.75, 3.05) is 6.54 Å². The zero-order chi connectivity index (χ0) is 14.5. The minimum Gasteiger partial charge on any atom is -0.388 e. The SMILES string of the molecule is CCC(O)(CC)CNC(=O)NCc1nc(C)sc1C. The van der Waals surface area contributed by atoms with Crippen LogP contribution in [0.4, 0.5) is 4.79 Å². The second kappa shape index (κ2) is 6.86. The van der Waals surface area contributed by atoms with E-state index in [-0.39, 0.29) is 12.6 Å². The lowest BCUT2D eigenvalue weighted by atomic mass is 9.98. The van der Waals surface area contributed by atoms with Crippen molar-refractivity contribution in [2.24, 2.45) is 0 Å². The van der Waals surface area contributed by atoms with Gasteiger partial charge in [-0.1, -0.05) is 13.8 Å². The summed E-state index contributed by atoms with van der Waals surface area (Å²) in [6.45, 7) is 8.44. The molecule has 0 aliphatic heterocycles. The van der Waals surface area contributed by atoms with Crippen molar-refractivity contribution in [3.63, 3.8) is 0 Å². The molecule has 1 heterocycles. The summed E-state index contributed by atoms with van der Waals surface area (Å²) in [4.78, 5) is 17.1. The first-order chi connectivity index (χ1) is 8.90. The number of thiazole rings is 1. The van der Waals surface area contributed by atoms with E-state index in [1.165, 1.54) is 0 Å². The number of amides is 2. The Morgan fingerprint density at radius 2 is 1.95 bits per heavy atom. The molecular formula is C13H23N3O2S. The van der Waals surface area contributed by atoms with Gasteiger partial charge in [0.25, 0.3) is 0 Å². The summed E-state index contributed by atoms with van der Waals surface area (Å²) in [6.07, 6.45) is 1.24. The Kier molecular flexibility index (Phi) is 5.75. The summed E-state index contributed by atoms with van der Waals surface area (Å²) in [5, 5.41) is 16.5. The fourth-order valence-corrected chi connectivity index (χ4v) is 2.54. The zero-order valence-corrected chi connectivity index (χ0v) is 12.9. The van der Waals surface area contributed by atoms with Gasteiger partial charge in [-0.3, -0.25) is 0 Å². The summed E-state index contributed by atoms with van der Waals surface area (Å²) in [6, 6.07) is -0.273. The molecule has 1 rings (SSSR count). The molecule has 1 aromatic rings. The molecule has 0 bridgehead atoms. The Labute approximate surface area is 118 Å². The maximum absolute atomic E-state index is 11.7. The van der Waals surface area contributed by atoms with Gasteiger partial charge in [-0.05, 0) is 26.7 Å². The van der Waals surface area contributed by atoms with Gasteiger partial charge in [0.15, 0.2) is 0 Å². The quantitative estimate of drug-likeness (QED) is 0.749. The third-order valence-electron chi connectivity index (χ3n) is 3.31. The highest BCUT2D eigenvalue weighted by Crippen LogP contribution is 2.16. The monoisotopic (exact) mass is 285 g/mol. The smallest absolute Gasteiger partial charge is 0.315 e. The highest BCUT2D eigenvalue weighted by atomic mass is 32.1. The van der Waals surface area contributed by atoms with Crippen LogP contribution < -0.4 is 10.6 Å². The molecule has 0 aliphatic rings. The number of hydrogen-bond donors (Lipinski definition) is 3. The molecule has 0 aromatic carbocycles. The molecule has 0 fully saturated rings. The fraction of sp³-hybridized carbons (Fsp3) is 0.692. The van der Waals surface area contributed by atoms with E-state index in [0.717, 1.165) is 15.6 Å². The maximum Gasteiger partial charge on any atom is 0.315 e. The standard InChI is InChI=1S/C13H23N3O2S/c1-5-13(18,6-2)8-15-12(17)14-7-11-9(3)19-10(4)16-11/h18H,5-8H2,1-4H3,(H2,14,15,17). The first-order valence-corrected chi connectivity index (χ1v) is 7.39. The van der Waals surface area contributed by atoms with Crippen LogP contribution in [-0.4, -0.2) is 28.3 Å². The molecule has 0 unspecified atom stereocenters. The highest BCUT2D eigenvalue weighted by Gasteiger charge is 2.22. The second-order valence-electron chi connectivity index (χ2n) is 4.70. The van der Waals surface area contributed by atoms with E-state index in [2.05, 4.69) is 15.6 Å².